The Kier molecular flexibility index (Phi) is 7.34. The second-order valence-electron chi connectivity index (χ2n) is 4.31. The second-order valence-corrected chi connectivity index (χ2v) is 4.74. The van der Waals surface area contributed by atoms with E-state index in [2.05, 4.69) is 6.92 Å². The minimum atomic E-state index is -0.535. The molecule has 0 bridgehead atoms. The van der Waals surface area contributed by atoms with E-state index in [9.17, 15) is 4.79 Å². The summed E-state index contributed by atoms with van der Waals surface area (Å²) in [5.74, 6) is 0.340. The molecule has 1 aromatic carbocycles. The largest absolute Gasteiger partial charge is 0.479 e. The van der Waals surface area contributed by atoms with Gasteiger partial charge in [-0.3, -0.25) is 0 Å². The number of hydrogen-bond donors (Lipinski definition) is 0. The van der Waals surface area contributed by atoms with Crippen LogP contribution < -0.4 is 4.74 Å². The predicted molar refractivity (Wildman–Crippen MR) is 76.6 cm³/mol. The Labute approximate surface area is 119 Å². The van der Waals surface area contributed by atoms with E-state index in [0.717, 1.165) is 19.3 Å². The lowest BCUT2D eigenvalue weighted by Crippen LogP contribution is -2.29. The fourth-order valence-corrected chi connectivity index (χ4v) is 1.84. The number of unbranched alkanes of at least 4 members (excludes halogenated alkanes) is 2. The van der Waals surface area contributed by atoms with Crippen LogP contribution in [0.4, 0.5) is 0 Å². The Morgan fingerprint density at radius 2 is 1.89 bits per heavy atom. The zero-order chi connectivity index (χ0) is 14.1. The minimum Gasteiger partial charge on any atom is -0.479 e. The van der Waals surface area contributed by atoms with E-state index in [1.807, 2.05) is 0 Å². The number of rotatable bonds is 8. The van der Waals surface area contributed by atoms with Crippen LogP contribution in [-0.2, 0) is 9.53 Å². The SMILES string of the molecule is CCCCC[C@@H](Oc1ccc(Cl)cc1)C(=O)OCC. The van der Waals surface area contributed by atoms with Crippen LogP contribution in [0.25, 0.3) is 0 Å². The van der Waals surface area contributed by atoms with E-state index in [1.54, 1.807) is 31.2 Å². The Hall–Kier alpha value is -1.22. The minimum absolute atomic E-state index is 0.298. The Bertz CT molecular complexity index is 375. The topological polar surface area (TPSA) is 35.5 Å². The van der Waals surface area contributed by atoms with E-state index in [4.69, 9.17) is 21.1 Å². The third-order valence-electron chi connectivity index (χ3n) is 2.71. The smallest absolute Gasteiger partial charge is 0.347 e. The van der Waals surface area contributed by atoms with E-state index in [0.29, 0.717) is 23.8 Å². The lowest BCUT2D eigenvalue weighted by atomic mass is 10.1. The number of ether oxygens (including phenoxy) is 2. The standard InChI is InChI=1S/C15H21ClO3/c1-3-5-6-7-14(15(17)18-4-2)19-13-10-8-12(16)9-11-13/h8-11,14H,3-7H2,1-2H3/t14-/m1/s1. The molecule has 0 radical (unpaired) electrons. The summed E-state index contributed by atoms with van der Waals surface area (Å²) in [5.41, 5.74) is 0. The van der Waals surface area contributed by atoms with E-state index >= 15 is 0 Å². The van der Waals surface area contributed by atoms with Gasteiger partial charge in [0.1, 0.15) is 5.75 Å². The van der Waals surface area contributed by atoms with Gasteiger partial charge in [-0.2, -0.15) is 0 Å². The summed E-state index contributed by atoms with van der Waals surface area (Å²) in [4.78, 5) is 11.8. The summed E-state index contributed by atoms with van der Waals surface area (Å²) >= 11 is 5.82. The molecule has 0 spiro atoms. The Morgan fingerprint density at radius 1 is 1.21 bits per heavy atom. The van der Waals surface area contributed by atoms with Crippen LogP contribution in [0, 0.1) is 0 Å². The number of carbonyl (C=O) groups excluding carboxylic acids is 1. The molecule has 0 saturated heterocycles. The number of halogens is 1. The van der Waals surface area contributed by atoms with Crippen molar-refractivity contribution in [3.05, 3.63) is 29.3 Å². The van der Waals surface area contributed by atoms with E-state index in [1.165, 1.54) is 0 Å². The zero-order valence-electron chi connectivity index (χ0n) is 11.5. The van der Waals surface area contributed by atoms with Crippen molar-refractivity contribution < 1.29 is 14.3 Å². The Balaban J connectivity index is 2.61. The molecule has 0 fully saturated rings. The maximum Gasteiger partial charge on any atom is 0.347 e. The highest BCUT2D eigenvalue weighted by Crippen LogP contribution is 2.19. The van der Waals surface area contributed by atoms with Crippen molar-refractivity contribution in [1.82, 2.24) is 0 Å². The average Bonchev–Trinajstić information content (AvgIpc) is 2.40. The molecule has 19 heavy (non-hydrogen) atoms. The van der Waals surface area contributed by atoms with Crippen molar-refractivity contribution in [2.24, 2.45) is 0 Å². The molecule has 0 saturated carbocycles. The summed E-state index contributed by atoms with van der Waals surface area (Å²) in [5, 5.41) is 0.644. The van der Waals surface area contributed by atoms with Crippen LogP contribution in [0.1, 0.15) is 39.5 Å². The monoisotopic (exact) mass is 284 g/mol. The summed E-state index contributed by atoms with van der Waals surface area (Å²) in [6, 6.07) is 7.00. The molecule has 0 aliphatic heterocycles. The molecule has 0 aliphatic rings. The van der Waals surface area contributed by atoms with Gasteiger partial charge in [0.2, 0.25) is 0 Å². The molecule has 4 heteroatoms. The number of esters is 1. The molecule has 3 nitrogen and oxygen atoms in total. The Morgan fingerprint density at radius 3 is 2.47 bits per heavy atom. The highest BCUT2D eigenvalue weighted by Gasteiger charge is 2.21. The predicted octanol–water partition coefficient (Wildman–Crippen LogP) is 4.23. The molecular weight excluding hydrogens is 264 g/mol. The number of carbonyl (C=O) groups is 1. The van der Waals surface area contributed by atoms with Gasteiger partial charge in [-0.25, -0.2) is 4.79 Å². The summed E-state index contributed by atoms with van der Waals surface area (Å²) in [6.07, 6.45) is 3.28. The quantitative estimate of drug-likeness (QED) is 0.529. The highest BCUT2D eigenvalue weighted by molar-refractivity contribution is 6.30. The van der Waals surface area contributed by atoms with E-state index < -0.39 is 6.10 Å². The summed E-state index contributed by atoms with van der Waals surface area (Å²) in [7, 11) is 0. The van der Waals surface area contributed by atoms with Crippen molar-refractivity contribution in [1.29, 1.82) is 0 Å². The fourth-order valence-electron chi connectivity index (χ4n) is 1.72. The normalized spacial score (nSPS) is 11.9. The molecular formula is C15H21ClO3. The lowest BCUT2D eigenvalue weighted by Gasteiger charge is -2.17. The van der Waals surface area contributed by atoms with Crippen LogP contribution in [0.2, 0.25) is 5.02 Å². The van der Waals surface area contributed by atoms with E-state index in [-0.39, 0.29) is 5.97 Å². The first-order valence-corrected chi connectivity index (χ1v) is 7.14. The van der Waals surface area contributed by atoms with Crippen LogP contribution >= 0.6 is 11.6 Å². The van der Waals surface area contributed by atoms with Crippen molar-refractivity contribution in [3.8, 4) is 5.75 Å². The van der Waals surface area contributed by atoms with Crippen molar-refractivity contribution in [2.45, 2.75) is 45.6 Å². The van der Waals surface area contributed by atoms with Crippen LogP contribution in [0.5, 0.6) is 5.75 Å². The molecule has 0 aliphatic carbocycles. The number of benzene rings is 1. The van der Waals surface area contributed by atoms with Crippen molar-refractivity contribution in [3.63, 3.8) is 0 Å². The first kappa shape index (κ1) is 15.8. The van der Waals surface area contributed by atoms with Gasteiger partial charge in [-0.1, -0.05) is 31.4 Å². The molecule has 1 rings (SSSR count). The van der Waals surface area contributed by atoms with Gasteiger partial charge in [0.25, 0.3) is 0 Å². The van der Waals surface area contributed by atoms with Gasteiger partial charge < -0.3 is 9.47 Å². The van der Waals surface area contributed by atoms with Crippen molar-refractivity contribution >= 4 is 17.6 Å². The second kappa shape index (κ2) is 8.81. The third kappa shape index (κ3) is 5.97. The van der Waals surface area contributed by atoms with Crippen LogP contribution in [0.3, 0.4) is 0 Å². The summed E-state index contributed by atoms with van der Waals surface area (Å²) < 4.78 is 10.7. The zero-order valence-corrected chi connectivity index (χ0v) is 12.3. The van der Waals surface area contributed by atoms with Gasteiger partial charge in [0.15, 0.2) is 6.10 Å². The molecule has 106 valence electrons. The molecule has 0 amide bonds. The lowest BCUT2D eigenvalue weighted by molar-refractivity contribution is -0.151. The highest BCUT2D eigenvalue weighted by atomic mass is 35.5. The van der Waals surface area contributed by atoms with Crippen LogP contribution in [-0.4, -0.2) is 18.7 Å². The van der Waals surface area contributed by atoms with Crippen molar-refractivity contribution in [2.75, 3.05) is 6.61 Å². The fraction of sp³-hybridized carbons (Fsp3) is 0.533. The maximum absolute atomic E-state index is 11.8. The molecule has 0 heterocycles. The third-order valence-corrected chi connectivity index (χ3v) is 2.96. The van der Waals surface area contributed by atoms with Gasteiger partial charge in [0, 0.05) is 5.02 Å². The first-order valence-electron chi connectivity index (χ1n) is 6.76. The molecule has 1 aromatic rings. The maximum atomic E-state index is 11.8. The molecule has 0 unspecified atom stereocenters. The number of hydrogen-bond acceptors (Lipinski definition) is 3. The van der Waals surface area contributed by atoms with Gasteiger partial charge >= 0.3 is 5.97 Å². The summed E-state index contributed by atoms with van der Waals surface area (Å²) in [6.45, 7) is 4.29. The molecule has 0 N–H and O–H groups in total. The van der Waals surface area contributed by atoms with Gasteiger partial charge in [0.05, 0.1) is 6.61 Å². The van der Waals surface area contributed by atoms with Gasteiger partial charge in [-0.15, -0.1) is 0 Å². The average molecular weight is 285 g/mol. The first-order chi connectivity index (χ1) is 9.17. The molecule has 0 aromatic heterocycles. The molecule has 1 atom stereocenters. The van der Waals surface area contributed by atoms with Crippen LogP contribution in [0.15, 0.2) is 24.3 Å². The van der Waals surface area contributed by atoms with Gasteiger partial charge in [-0.05, 0) is 44.0 Å².